The fraction of sp³-hybridized carbons (Fsp3) is 0.889. The average molecular weight is 356 g/mol. The molecule has 144 valence electrons. The van der Waals surface area contributed by atoms with Crippen molar-refractivity contribution in [3.05, 3.63) is 0 Å². The van der Waals surface area contributed by atoms with E-state index in [2.05, 4.69) is 19.2 Å². The molecule has 1 spiro atoms. The Balaban J connectivity index is 2.09. The van der Waals surface area contributed by atoms with Gasteiger partial charge in [-0.25, -0.2) is 4.79 Å². The first kappa shape index (κ1) is 20.0. The summed E-state index contributed by atoms with van der Waals surface area (Å²) in [5.74, 6) is 0.0263. The molecule has 0 aromatic rings. The SMILES string of the molecule is COC(=O)[C@H](CC(C)C)N1O[C@]12CCCC[C@H]2NC(=O)OC(C)(C)C. The van der Waals surface area contributed by atoms with Crippen LogP contribution in [0.2, 0.25) is 0 Å². The number of hydrogen-bond acceptors (Lipinski definition) is 6. The van der Waals surface area contributed by atoms with E-state index < -0.39 is 23.5 Å². The highest BCUT2D eigenvalue weighted by Crippen LogP contribution is 2.49. The molecule has 2 fully saturated rings. The number of carbonyl (C=O) groups excluding carboxylic acids is 2. The first-order valence-electron chi connectivity index (χ1n) is 9.15. The van der Waals surface area contributed by atoms with Crippen LogP contribution in [-0.4, -0.2) is 47.6 Å². The lowest BCUT2D eigenvalue weighted by molar-refractivity contribution is -0.148. The first-order chi connectivity index (χ1) is 11.6. The second-order valence-corrected chi connectivity index (χ2v) is 8.38. The van der Waals surface area contributed by atoms with Gasteiger partial charge in [-0.15, -0.1) is 5.06 Å². The van der Waals surface area contributed by atoms with E-state index in [-0.39, 0.29) is 12.0 Å². The molecule has 1 aliphatic heterocycles. The van der Waals surface area contributed by atoms with Crippen LogP contribution < -0.4 is 5.32 Å². The van der Waals surface area contributed by atoms with Gasteiger partial charge in [-0.3, -0.25) is 9.63 Å². The highest BCUT2D eigenvalue weighted by molar-refractivity contribution is 5.76. The number of nitrogens with one attached hydrogen (secondary N) is 1. The number of carbonyl (C=O) groups is 2. The topological polar surface area (TPSA) is 80.2 Å². The summed E-state index contributed by atoms with van der Waals surface area (Å²) in [5, 5.41) is 4.68. The smallest absolute Gasteiger partial charge is 0.408 e. The van der Waals surface area contributed by atoms with Crippen molar-refractivity contribution in [1.29, 1.82) is 0 Å². The number of ether oxygens (including phenoxy) is 2. The summed E-state index contributed by atoms with van der Waals surface area (Å²) < 4.78 is 10.3. The molecule has 7 heteroatoms. The number of alkyl carbamates (subject to hydrolysis) is 1. The van der Waals surface area contributed by atoms with Crippen LogP contribution in [0.4, 0.5) is 4.79 Å². The van der Waals surface area contributed by atoms with E-state index in [1.807, 2.05) is 20.8 Å². The maximum atomic E-state index is 12.2. The molecule has 2 rings (SSSR count). The number of amides is 1. The minimum atomic E-state index is -0.622. The van der Waals surface area contributed by atoms with Crippen LogP contribution in [0.5, 0.6) is 0 Å². The van der Waals surface area contributed by atoms with E-state index >= 15 is 0 Å². The van der Waals surface area contributed by atoms with Gasteiger partial charge in [0.25, 0.3) is 0 Å². The number of hydrogen-bond donors (Lipinski definition) is 1. The predicted octanol–water partition coefficient (Wildman–Crippen LogP) is 2.98. The third-order valence-electron chi connectivity index (χ3n) is 4.56. The lowest BCUT2D eigenvalue weighted by Gasteiger charge is -2.31. The third kappa shape index (κ3) is 4.85. The maximum Gasteiger partial charge on any atom is 0.408 e. The quantitative estimate of drug-likeness (QED) is 0.602. The maximum absolute atomic E-state index is 12.2. The van der Waals surface area contributed by atoms with Crippen molar-refractivity contribution in [2.24, 2.45) is 5.92 Å². The molecule has 1 saturated carbocycles. The number of nitrogens with zero attached hydrogens (tertiary/aromatic N) is 1. The van der Waals surface area contributed by atoms with Crippen molar-refractivity contribution in [2.75, 3.05) is 7.11 Å². The average Bonchev–Trinajstić information content (AvgIpc) is 3.19. The third-order valence-corrected chi connectivity index (χ3v) is 4.56. The number of esters is 1. The molecule has 0 bridgehead atoms. The van der Waals surface area contributed by atoms with Gasteiger partial charge in [-0.1, -0.05) is 20.3 Å². The van der Waals surface area contributed by atoms with Gasteiger partial charge in [0.05, 0.1) is 13.2 Å². The molecule has 7 nitrogen and oxygen atoms in total. The van der Waals surface area contributed by atoms with Crippen LogP contribution in [0.1, 0.15) is 66.7 Å². The normalized spacial score (nSPS) is 30.0. The molecule has 1 amide bonds. The van der Waals surface area contributed by atoms with Crippen LogP contribution in [0, 0.1) is 5.92 Å². The summed E-state index contributed by atoms with van der Waals surface area (Å²) in [6.45, 7) is 9.62. The number of rotatable bonds is 5. The molecule has 1 unspecified atom stereocenters. The Kier molecular flexibility index (Phi) is 5.99. The van der Waals surface area contributed by atoms with Crippen molar-refractivity contribution in [3.63, 3.8) is 0 Å². The summed E-state index contributed by atoms with van der Waals surface area (Å²) in [6.07, 6.45) is 3.77. The highest BCUT2D eigenvalue weighted by Gasteiger charge is 2.65. The molecule has 1 heterocycles. The largest absolute Gasteiger partial charge is 0.468 e. The Bertz CT molecular complexity index is 502. The summed E-state index contributed by atoms with van der Waals surface area (Å²) in [6, 6.07) is -0.651. The second-order valence-electron chi connectivity index (χ2n) is 8.38. The Morgan fingerprint density at radius 2 is 2.00 bits per heavy atom. The minimum absolute atomic E-state index is 0.199. The molecular formula is C18H32N2O5. The van der Waals surface area contributed by atoms with Gasteiger partial charge in [-0.2, -0.15) is 0 Å². The molecule has 1 N–H and O–H groups in total. The second kappa shape index (κ2) is 7.50. The minimum Gasteiger partial charge on any atom is -0.468 e. The van der Waals surface area contributed by atoms with Gasteiger partial charge in [0.1, 0.15) is 11.6 Å². The van der Waals surface area contributed by atoms with Gasteiger partial charge in [0.15, 0.2) is 5.72 Å². The van der Waals surface area contributed by atoms with E-state index in [0.717, 1.165) is 25.7 Å². The Labute approximate surface area is 150 Å². The van der Waals surface area contributed by atoms with Gasteiger partial charge >= 0.3 is 12.1 Å². The van der Waals surface area contributed by atoms with Gasteiger partial charge in [0, 0.05) is 0 Å². The van der Waals surface area contributed by atoms with Crippen molar-refractivity contribution in [3.8, 4) is 0 Å². The van der Waals surface area contributed by atoms with E-state index in [1.165, 1.54) is 7.11 Å². The highest BCUT2D eigenvalue weighted by atomic mass is 16.9. The lowest BCUT2D eigenvalue weighted by atomic mass is 9.87. The Hall–Kier alpha value is -1.34. The Morgan fingerprint density at radius 1 is 1.32 bits per heavy atom. The summed E-state index contributed by atoms with van der Waals surface area (Å²) in [5.41, 5.74) is -1.18. The van der Waals surface area contributed by atoms with E-state index in [0.29, 0.717) is 12.3 Å². The van der Waals surface area contributed by atoms with Crippen LogP contribution in [0.3, 0.4) is 0 Å². The van der Waals surface area contributed by atoms with Crippen molar-refractivity contribution < 1.29 is 23.9 Å². The van der Waals surface area contributed by atoms with Gasteiger partial charge in [-0.05, 0) is 52.4 Å². The van der Waals surface area contributed by atoms with Gasteiger partial charge < -0.3 is 14.8 Å². The fourth-order valence-electron chi connectivity index (χ4n) is 3.48. The van der Waals surface area contributed by atoms with Crippen LogP contribution in [-0.2, 0) is 19.1 Å². The monoisotopic (exact) mass is 356 g/mol. The zero-order chi connectivity index (χ0) is 18.8. The van der Waals surface area contributed by atoms with Crippen LogP contribution >= 0.6 is 0 Å². The fourth-order valence-corrected chi connectivity index (χ4v) is 3.48. The zero-order valence-corrected chi connectivity index (χ0v) is 16.3. The van der Waals surface area contributed by atoms with Crippen molar-refractivity contribution >= 4 is 12.1 Å². The van der Waals surface area contributed by atoms with Crippen molar-refractivity contribution in [2.45, 2.75) is 90.1 Å². The van der Waals surface area contributed by atoms with Crippen molar-refractivity contribution in [1.82, 2.24) is 10.4 Å². The Morgan fingerprint density at radius 3 is 2.56 bits per heavy atom. The van der Waals surface area contributed by atoms with Crippen LogP contribution in [0.25, 0.3) is 0 Å². The molecule has 1 saturated heterocycles. The molecule has 2 aliphatic rings. The standard InChI is InChI=1S/C18H32N2O5/c1-12(2)11-13(15(21)23-6)20-18(25-20)10-8-7-9-14(18)19-16(22)24-17(3,4)5/h12-14H,7-11H2,1-6H3,(H,19,22)/t13-,14+,18-,20?/m0/s1. The molecule has 0 aromatic carbocycles. The molecule has 4 atom stereocenters. The zero-order valence-electron chi connectivity index (χ0n) is 16.3. The number of hydroxylamine groups is 2. The van der Waals surface area contributed by atoms with E-state index in [4.69, 9.17) is 14.3 Å². The molecule has 1 aliphatic carbocycles. The molecule has 0 radical (unpaired) electrons. The first-order valence-corrected chi connectivity index (χ1v) is 9.15. The van der Waals surface area contributed by atoms with Gasteiger partial charge in [0.2, 0.25) is 0 Å². The molecule has 25 heavy (non-hydrogen) atoms. The summed E-state index contributed by atoms with van der Waals surface area (Å²) >= 11 is 0. The molecular weight excluding hydrogens is 324 g/mol. The molecule has 0 aromatic heterocycles. The summed E-state index contributed by atoms with van der Waals surface area (Å²) in [7, 11) is 1.39. The van der Waals surface area contributed by atoms with E-state index in [1.54, 1.807) is 5.06 Å². The van der Waals surface area contributed by atoms with E-state index in [9.17, 15) is 9.59 Å². The predicted molar refractivity (Wildman–Crippen MR) is 92.5 cm³/mol. The number of methoxy groups -OCH3 is 1. The lowest BCUT2D eigenvalue weighted by Crippen LogP contribution is -2.52. The van der Waals surface area contributed by atoms with Crippen LogP contribution in [0.15, 0.2) is 0 Å². The summed E-state index contributed by atoms with van der Waals surface area (Å²) in [4.78, 5) is 30.3.